The zero-order chi connectivity index (χ0) is 21.1. The van der Waals surface area contributed by atoms with E-state index in [2.05, 4.69) is 45.5 Å². The number of hydrogen-bond donors (Lipinski definition) is 2. The molecule has 1 aromatic carbocycles. The molecule has 2 N–H and O–H groups in total. The van der Waals surface area contributed by atoms with E-state index in [-0.39, 0.29) is 11.9 Å². The lowest BCUT2D eigenvalue weighted by atomic mass is 9.91. The second-order valence-electron chi connectivity index (χ2n) is 8.05. The van der Waals surface area contributed by atoms with Crippen molar-refractivity contribution in [1.29, 1.82) is 0 Å². The number of anilines is 1. The van der Waals surface area contributed by atoms with E-state index in [0.717, 1.165) is 35.4 Å². The minimum atomic E-state index is -0.370. The second-order valence-corrected chi connectivity index (χ2v) is 8.97. The number of carbonyl (C=O) groups excluding carboxylic acids is 2. The van der Waals surface area contributed by atoms with Crippen molar-refractivity contribution in [3.63, 3.8) is 0 Å². The molecule has 7 nitrogen and oxygen atoms in total. The smallest absolute Gasteiger partial charge is 0.319 e. The predicted octanol–water partition coefficient (Wildman–Crippen LogP) is 3.93. The summed E-state index contributed by atoms with van der Waals surface area (Å²) in [6, 6.07) is 6.89. The number of nitrogens with zero attached hydrogens (tertiary/aromatic N) is 3. The van der Waals surface area contributed by atoms with Crippen LogP contribution in [-0.2, 0) is 13.6 Å². The summed E-state index contributed by atoms with van der Waals surface area (Å²) in [5.74, 6) is 0.883. The van der Waals surface area contributed by atoms with Gasteiger partial charge in [-0.25, -0.2) is 4.79 Å². The number of aromatic nitrogens is 2. The number of benzene rings is 1. The second kappa shape index (κ2) is 8.98. The van der Waals surface area contributed by atoms with E-state index in [4.69, 9.17) is 0 Å². The van der Waals surface area contributed by atoms with E-state index in [1.54, 1.807) is 16.8 Å². The molecule has 1 fully saturated rings. The van der Waals surface area contributed by atoms with Crippen LogP contribution in [0.3, 0.4) is 0 Å². The van der Waals surface area contributed by atoms with Gasteiger partial charge in [0.05, 0.1) is 23.5 Å². The SMILES string of the molecule is Cc1cc(CNC(=O)Nc2ccc(Br)cc2C(=O)N2C[C@H](C)C[C@H](C)C2)nn1C. The molecule has 1 aliphatic rings. The summed E-state index contributed by atoms with van der Waals surface area (Å²) in [6.07, 6.45) is 1.13. The first kappa shape index (κ1) is 21.4. The third kappa shape index (κ3) is 5.38. The fraction of sp³-hybridized carbons (Fsp3) is 0.476. The molecule has 1 saturated heterocycles. The van der Waals surface area contributed by atoms with E-state index >= 15 is 0 Å². The van der Waals surface area contributed by atoms with E-state index in [0.29, 0.717) is 29.6 Å². The Bertz CT molecular complexity index is 881. The summed E-state index contributed by atoms with van der Waals surface area (Å²) < 4.78 is 2.56. The van der Waals surface area contributed by atoms with Gasteiger partial charge >= 0.3 is 6.03 Å². The molecule has 156 valence electrons. The minimum Gasteiger partial charge on any atom is -0.338 e. The van der Waals surface area contributed by atoms with Crippen LogP contribution < -0.4 is 10.6 Å². The van der Waals surface area contributed by atoms with Gasteiger partial charge in [0.1, 0.15) is 0 Å². The topological polar surface area (TPSA) is 79.3 Å². The molecule has 29 heavy (non-hydrogen) atoms. The molecule has 1 aliphatic heterocycles. The molecule has 0 unspecified atom stereocenters. The minimum absolute atomic E-state index is 0.0552. The Labute approximate surface area is 180 Å². The van der Waals surface area contributed by atoms with Gasteiger partial charge in [0, 0.05) is 30.3 Å². The number of nitrogens with one attached hydrogen (secondary N) is 2. The number of likely N-dealkylation sites (tertiary alicyclic amines) is 1. The highest BCUT2D eigenvalue weighted by atomic mass is 79.9. The number of urea groups is 1. The van der Waals surface area contributed by atoms with Gasteiger partial charge in [-0.15, -0.1) is 0 Å². The van der Waals surface area contributed by atoms with Gasteiger partial charge in [0.15, 0.2) is 0 Å². The van der Waals surface area contributed by atoms with Crippen molar-refractivity contribution in [1.82, 2.24) is 20.0 Å². The molecule has 1 aromatic heterocycles. The third-order valence-electron chi connectivity index (χ3n) is 5.21. The van der Waals surface area contributed by atoms with Crippen LogP contribution in [0.1, 0.15) is 42.0 Å². The first-order chi connectivity index (χ1) is 13.7. The molecule has 0 saturated carbocycles. The van der Waals surface area contributed by atoms with Gasteiger partial charge < -0.3 is 15.5 Å². The predicted molar refractivity (Wildman–Crippen MR) is 117 cm³/mol. The standard InChI is InChI=1S/C21H28BrN5O2/c1-13-7-14(2)12-27(11-13)20(28)18-9-16(22)5-6-19(18)24-21(29)23-10-17-8-15(3)26(4)25-17/h5-6,8-9,13-14H,7,10-12H2,1-4H3,(H2,23,24,29)/t13-,14+. The molecule has 3 rings (SSSR count). The van der Waals surface area contributed by atoms with E-state index in [9.17, 15) is 9.59 Å². The van der Waals surface area contributed by atoms with Crippen LogP contribution in [0.15, 0.2) is 28.7 Å². The van der Waals surface area contributed by atoms with Gasteiger partial charge in [-0.3, -0.25) is 9.48 Å². The maximum atomic E-state index is 13.2. The highest BCUT2D eigenvalue weighted by Gasteiger charge is 2.27. The molecule has 3 amide bonds. The zero-order valence-electron chi connectivity index (χ0n) is 17.3. The maximum Gasteiger partial charge on any atom is 0.319 e. The third-order valence-corrected chi connectivity index (χ3v) is 5.70. The van der Waals surface area contributed by atoms with Crippen molar-refractivity contribution >= 4 is 33.6 Å². The van der Waals surface area contributed by atoms with Crippen LogP contribution >= 0.6 is 15.9 Å². The number of aryl methyl sites for hydroxylation is 2. The van der Waals surface area contributed by atoms with Crippen LogP contribution in [0.4, 0.5) is 10.5 Å². The zero-order valence-corrected chi connectivity index (χ0v) is 18.9. The number of amides is 3. The van der Waals surface area contributed by atoms with Crippen molar-refractivity contribution in [2.75, 3.05) is 18.4 Å². The average molecular weight is 462 g/mol. The van der Waals surface area contributed by atoms with Crippen LogP contribution in [0, 0.1) is 18.8 Å². The van der Waals surface area contributed by atoms with Crippen LogP contribution in [0.5, 0.6) is 0 Å². The summed E-state index contributed by atoms with van der Waals surface area (Å²) in [4.78, 5) is 27.5. The number of rotatable bonds is 4. The van der Waals surface area contributed by atoms with Crippen LogP contribution in [0.2, 0.25) is 0 Å². The number of hydrogen-bond acceptors (Lipinski definition) is 3. The molecule has 0 spiro atoms. The molecule has 0 aliphatic carbocycles. The van der Waals surface area contributed by atoms with Crippen molar-refractivity contribution in [3.8, 4) is 0 Å². The molecule has 2 aromatic rings. The Hall–Kier alpha value is -2.35. The summed E-state index contributed by atoms with van der Waals surface area (Å²) in [5.41, 5.74) is 2.79. The number of piperidine rings is 1. The lowest BCUT2D eigenvalue weighted by Crippen LogP contribution is -2.43. The molecule has 0 radical (unpaired) electrons. The van der Waals surface area contributed by atoms with E-state index in [1.807, 2.05) is 31.0 Å². The van der Waals surface area contributed by atoms with Gasteiger partial charge in [0.2, 0.25) is 0 Å². The molecule has 2 atom stereocenters. The van der Waals surface area contributed by atoms with Crippen LogP contribution in [-0.4, -0.2) is 39.7 Å². The largest absolute Gasteiger partial charge is 0.338 e. The fourth-order valence-corrected chi connectivity index (χ4v) is 4.22. The molecular weight excluding hydrogens is 434 g/mol. The Morgan fingerprint density at radius 2 is 1.90 bits per heavy atom. The van der Waals surface area contributed by atoms with Crippen LogP contribution in [0.25, 0.3) is 0 Å². The summed E-state index contributed by atoms with van der Waals surface area (Å²) >= 11 is 3.44. The molecule has 2 heterocycles. The van der Waals surface area contributed by atoms with E-state index < -0.39 is 0 Å². The highest BCUT2D eigenvalue weighted by Crippen LogP contribution is 2.27. The van der Waals surface area contributed by atoms with Gasteiger partial charge in [-0.2, -0.15) is 5.10 Å². The van der Waals surface area contributed by atoms with Gasteiger partial charge in [-0.05, 0) is 49.4 Å². The monoisotopic (exact) mass is 461 g/mol. The first-order valence-electron chi connectivity index (χ1n) is 9.86. The van der Waals surface area contributed by atoms with Crippen molar-refractivity contribution in [3.05, 3.63) is 45.7 Å². The molecule has 0 bridgehead atoms. The van der Waals surface area contributed by atoms with Gasteiger partial charge in [-0.1, -0.05) is 29.8 Å². The number of carbonyl (C=O) groups is 2. The Morgan fingerprint density at radius 1 is 1.21 bits per heavy atom. The van der Waals surface area contributed by atoms with Crippen molar-refractivity contribution < 1.29 is 9.59 Å². The average Bonchev–Trinajstić information content (AvgIpc) is 2.98. The quantitative estimate of drug-likeness (QED) is 0.723. The Morgan fingerprint density at radius 3 is 2.52 bits per heavy atom. The lowest BCUT2D eigenvalue weighted by molar-refractivity contribution is 0.0624. The van der Waals surface area contributed by atoms with Crippen molar-refractivity contribution in [2.45, 2.75) is 33.7 Å². The first-order valence-corrected chi connectivity index (χ1v) is 10.7. The summed E-state index contributed by atoms with van der Waals surface area (Å²) in [7, 11) is 1.86. The Kier molecular flexibility index (Phi) is 6.62. The highest BCUT2D eigenvalue weighted by molar-refractivity contribution is 9.10. The summed E-state index contributed by atoms with van der Waals surface area (Å²) in [6.45, 7) is 8.08. The Balaban J connectivity index is 1.70. The lowest BCUT2D eigenvalue weighted by Gasteiger charge is -2.35. The normalized spacial score (nSPS) is 19.1. The molecular formula is C21H28BrN5O2. The molecule has 8 heteroatoms. The number of halogens is 1. The van der Waals surface area contributed by atoms with Crippen molar-refractivity contribution in [2.24, 2.45) is 18.9 Å². The summed E-state index contributed by atoms with van der Waals surface area (Å²) in [5, 5.41) is 9.95. The maximum absolute atomic E-state index is 13.2. The van der Waals surface area contributed by atoms with Gasteiger partial charge in [0.25, 0.3) is 5.91 Å². The fourth-order valence-electron chi connectivity index (χ4n) is 3.86. The van der Waals surface area contributed by atoms with E-state index in [1.165, 1.54) is 0 Å².